The number of benzene rings is 1. The normalized spacial score (nSPS) is 9.81. The molecule has 2 aromatic rings. The molecule has 5 heteroatoms. The molecule has 0 fully saturated rings. The zero-order valence-corrected chi connectivity index (χ0v) is 9.60. The van der Waals surface area contributed by atoms with Gasteiger partial charge in [0.15, 0.2) is 0 Å². The summed E-state index contributed by atoms with van der Waals surface area (Å²) in [4.78, 5) is 13.9. The van der Waals surface area contributed by atoms with E-state index in [1.807, 2.05) is 35.7 Å². The van der Waals surface area contributed by atoms with Crippen LogP contribution in [0.4, 0.5) is 5.13 Å². The molecule has 1 amide bonds. The third-order valence-corrected chi connectivity index (χ3v) is 2.77. The van der Waals surface area contributed by atoms with Gasteiger partial charge in [-0.3, -0.25) is 4.79 Å². The van der Waals surface area contributed by atoms with Gasteiger partial charge in [0.2, 0.25) is 0 Å². The van der Waals surface area contributed by atoms with Crippen LogP contribution in [0.25, 0.3) is 11.3 Å². The molecule has 4 nitrogen and oxygen atoms in total. The number of rotatable bonds is 3. The van der Waals surface area contributed by atoms with Crippen LogP contribution < -0.4 is 15.8 Å². The highest BCUT2D eigenvalue weighted by molar-refractivity contribution is 7.13. The molecule has 16 heavy (non-hydrogen) atoms. The summed E-state index contributed by atoms with van der Waals surface area (Å²) < 4.78 is 0. The topological polar surface area (TPSA) is 55.3 Å². The van der Waals surface area contributed by atoms with Gasteiger partial charge < -0.3 is 0 Å². The Labute approximate surface area is 97.3 Å². The van der Waals surface area contributed by atoms with E-state index < -0.39 is 0 Å². The van der Waals surface area contributed by atoms with Crippen LogP contribution in [-0.2, 0) is 4.79 Å². The van der Waals surface area contributed by atoms with Crippen molar-refractivity contribution in [3.8, 4) is 11.3 Å². The predicted octanol–water partition coefficient (Wildman–Crippen LogP) is 1.69. The molecule has 1 aromatic heterocycles. The summed E-state index contributed by atoms with van der Waals surface area (Å²) in [7, 11) is 0. The van der Waals surface area contributed by atoms with Gasteiger partial charge in [-0.15, -0.1) is 0 Å². The van der Waals surface area contributed by atoms with Crippen LogP contribution in [0.15, 0.2) is 35.7 Å². The van der Waals surface area contributed by atoms with Gasteiger partial charge in [0, 0.05) is 17.9 Å². The molecule has 0 bridgehead atoms. The van der Waals surface area contributed by atoms with Crippen molar-refractivity contribution in [1.82, 2.24) is 5.43 Å². The molecule has 0 spiro atoms. The van der Waals surface area contributed by atoms with Crippen LogP contribution in [0.5, 0.6) is 0 Å². The van der Waals surface area contributed by atoms with Crippen LogP contribution >= 0.6 is 11.3 Å². The number of hydrogen-bond acceptors (Lipinski definition) is 3. The molecule has 2 rings (SSSR count). The maximum atomic E-state index is 10.7. The molecule has 0 saturated carbocycles. The van der Waals surface area contributed by atoms with Gasteiger partial charge in [0.1, 0.15) is 5.69 Å². The summed E-state index contributed by atoms with van der Waals surface area (Å²) in [6.45, 7) is 1.46. The van der Waals surface area contributed by atoms with E-state index in [0.29, 0.717) is 0 Å². The zero-order valence-electron chi connectivity index (χ0n) is 8.78. The Hall–Kier alpha value is -1.88. The lowest BCUT2D eigenvalue weighted by Gasteiger charge is -1.94. The fourth-order valence-electron chi connectivity index (χ4n) is 1.26. The van der Waals surface area contributed by atoms with Crippen molar-refractivity contribution in [3.63, 3.8) is 0 Å². The van der Waals surface area contributed by atoms with Crippen LogP contribution in [0.2, 0.25) is 0 Å². The first-order valence-corrected chi connectivity index (χ1v) is 5.72. The molecule has 1 heterocycles. The van der Waals surface area contributed by atoms with Crippen molar-refractivity contribution in [2.45, 2.75) is 6.92 Å². The number of anilines is 1. The van der Waals surface area contributed by atoms with Crippen LogP contribution in [0.3, 0.4) is 0 Å². The first-order chi connectivity index (χ1) is 7.75. The second kappa shape index (κ2) is 4.76. The third kappa shape index (κ3) is 2.58. The minimum atomic E-state index is -0.122. The van der Waals surface area contributed by atoms with E-state index in [9.17, 15) is 4.79 Å². The molecule has 0 aliphatic rings. The van der Waals surface area contributed by atoms with Gasteiger partial charge in [0.05, 0.1) is 0 Å². The smallest absolute Gasteiger partial charge is 0.272 e. The fraction of sp³-hybridized carbons (Fsp3) is 0.0909. The summed E-state index contributed by atoms with van der Waals surface area (Å²) in [5.74, 6) is -0.122. The minimum absolute atomic E-state index is 0.122. The monoisotopic (exact) mass is 234 g/mol. The first kappa shape index (κ1) is 10.6. The molecule has 0 unspecified atom stereocenters. The van der Waals surface area contributed by atoms with Gasteiger partial charge >= 0.3 is 5.13 Å². The lowest BCUT2D eigenvalue weighted by atomic mass is 10.2. The van der Waals surface area contributed by atoms with E-state index in [0.717, 1.165) is 16.4 Å². The molecule has 0 atom stereocenters. The van der Waals surface area contributed by atoms with E-state index in [1.165, 1.54) is 18.3 Å². The quantitative estimate of drug-likeness (QED) is 0.794. The molecule has 3 N–H and O–H groups in total. The molecule has 0 aliphatic heterocycles. The van der Waals surface area contributed by atoms with Crippen molar-refractivity contribution in [2.24, 2.45) is 0 Å². The Morgan fingerprint density at radius 1 is 1.31 bits per heavy atom. The molecular weight excluding hydrogens is 222 g/mol. The van der Waals surface area contributed by atoms with E-state index >= 15 is 0 Å². The Balaban J connectivity index is 2.11. The van der Waals surface area contributed by atoms with E-state index in [2.05, 4.69) is 15.8 Å². The molecule has 0 radical (unpaired) electrons. The van der Waals surface area contributed by atoms with Gasteiger partial charge in [0.25, 0.3) is 5.91 Å². The molecular formula is C11H12N3OS+. The highest BCUT2D eigenvalue weighted by Crippen LogP contribution is 2.19. The summed E-state index contributed by atoms with van der Waals surface area (Å²) in [5.41, 5.74) is 7.46. The Kier molecular flexibility index (Phi) is 3.16. The summed E-state index contributed by atoms with van der Waals surface area (Å²) >= 11 is 1.50. The second-order valence-corrected chi connectivity index (χ2v) is 4.16. The van der Waals surface area contributed by atoms with Crippen molar-refractivity contribution in [2.75, 3.05) is 5.43 Å². The number of aromatic nitrogens is 1. The lowest BCUT2D eigenvalue weighted by Crippen LogP contribution is -2.29. The van der Waals surface area contributed by atoms with E-state index in [4.69, 9.17) is 0 Å². The van der Waals surface area contributed by atoms with E-state index in [-0.39, 0.29) is 5.91 Å². The number of aromatic amines is 1. The predicted molar refractivity (Wildman–Crippen MR) is 63.8 cm³/mol. The average molecular weight is 234 g/mol. The highest BCUT2D eigenvalue weighted by Gasteiger charge is 2.09. The van der Waals surface area contributed by atoms with Crippen molar-refractivity contribution in [3.05, 3.63) is 35.7 Å². The summed E-state index contributed by atoms with van der Waals surface area (Å²) in [6, 6.07) is 10.0. The Morgan fingerprint density at radius 3 is 2.75 bits per heavy atom. The van der Waals surface area contributed by atoms with Gasteiger partial charge in [-0.25, -0.2) is 4.98 Å². The first-order valence-electron chi connectivity index (χ1n) is 4.84. The van der Waals surface area contributed by atoms with Crippen LogP contribution in [0.1, 0.15) is 6.92 Å². The number of thiazole rings is 1. The zero-order chi connectivity index (χ0) is 11.4. The SMILES string of the molecule is CC(=O)NNc1[nH+]c(-c2ccccc2)cs1. The summed E-state index contributed by atoms with van der Waals surface area (Å²) in [5, 5.41) is 2.80. The molecule has 0 saturated heterocycles. The van der Waals surface area contributed by atoms with E-state index in [1.54, 1.807) is 0 Å². The number of H-pyrrole nitrogens is 1. The van der Waals surface area contributed by atoms with Crippen molar-refractivity contribution >= 4 is 22.4 Å². The number of hydrazine groups is 1. The fourth-order valence-corrected chi connectivity index (χ4v) is 1.97. The van der Waals surface area contributed by atoms with Crippen LogP contribution in [-0.4, -0.2) is 5.91 Å². The maximum Gasteiger partial charge on any atom is 0.355 e. The highest BCUT2D eigenvalue weighted by atomic mass is 32.1. The van der Waals surface area contributed by atoms with Crippen molar-refractivity contribution < 1.29 is 9.78 Å². The van der Waals surface area contributed by atoms with Gasteiger partial charge in [-0.1, -0.05) is 41.7 Å². The largest absolute Gasteiger partial charge is 0.355 e. The average Bonchev–Trinajstić information content (AvgIpc) is 2.76. The van der Waals surface area contributed by atoms with Gasteiger partial charge in [-0.2, -0.15) is 10.9 Å². The number of carbonyl (C=O) groups is 1. The number of hydrogen-bond donors (Lipinski definition) is 2. The third-order valence-electron chi connectivity index (χ3n) is 1.98. The number of nitrogens with one attached hydrogen (secondary N) is 3. The Bertz CT molecular complexity index is 481. The molecule has 82 valence electrons. The van der Waals surface area contributed by atoms with Gasteiger partial charge in [-0.05, 0) is 0 Å². The minimum Gasteiger partial charge on any atom is -0.272 e. The molecule has 1 aromatic carbocycles. The molecule has 0 aliphatic carbocycles. The maximum absolute atomic E-state index is 10.7. The van der Waals surface area contributed by atoms with Crippen LogP contribution in [0, 0.1) is 0 Å². The number of carbonyl (C=O) groups excluding carboxylic acids is 1. The number of amides is 1. The summed E-state index contributed by atoms with van der Waals surface area (Å²) in [6.07, 6.45) is 0. The Morgan fingerprint density at radius 2 is 2.06 bits per heavy atom. The standard InChI is InChI=1S/C11H11N3OS/c1-8(15)13-14-11-12-10(7-16-11)9-5-3-2-4-6-9/h2-7H,1H3,(H,12,14)(H,13,15)/p+1. The second-order valence-electron chi connectivity index (χ2n) is 3.28. The lowest BCUT2D eigenvalue weighted by molar-refractivity contribution is -0.341. The van der Waals surface area contributed by atoms with Crippen molar-refractivity contribution in [1.29, 1.82) is 0 Å².